The van der Waals surface area contributed by atoms with Crippen LogP contribution in [0.5, 0.6) is 0 Å². The minimum Gasteiger partial charge on any atom is -0.379 e. The van der Waals surface area contributed by atoms with Crippen molar-refractivity contribution in [1.82, 2.24) is 41.7 Å². The quantitative estimate of drug-likeness (QED) is 0.0456. The van der Waals surface area contributed by atoms with Crippen molar-refractivity contribution < 1.29 is 38.2 Å². The van der Waals surface area contributed by atoms with Crippen LogP contribution in [-0.4, -0.2) is 141 Å². The molecule has 16 heteroatoms. The first kappa shape index (κ1) is 58.5. The summed E-state index contributed by atoms with van der Waals surface area (Å²) in [4.78, 5) is 83.3. The van der Waals surface area contributed by atoms with Gasteiger partial charge in [0.2, 0.25) is 35.4 Å². The fourth-order valence-electron chi connectivity index (χ4n) is 10.2. The van der Waals surface area contributed by atoms with Gasteiger partial charge in [-0.05, 0) is 98.2 Å². The molecule has 0 unspecified atom stereocenters. The van der Waals surface area contributed by atoms with E-state index in [1.807, 2.05) is 37.3 Å². The van der Waals surface area contributed by atoms with E-state index in [0.29, 0.717) is 45.7 Å². The molecule has 6 amide bonds. The molecule has 0 radical (unpaired) electrons. The molecule has 3 aliphatic heterocycles. The normalized spacial score (nSPS) is 22.0. The second-order valence-corrected chi connectivity index (χ2v) is 20.2. The Labute approximate surface area is 420 Å². The number of amides is 6. The maximum absolute atomic E-state index is 14.0. The summed E-state index contributed by atoms with van der Waals surface area (Å²) >= 11 is 0. The highest BCUT2D eigenvalue weighted by molar-refractivity contribution is 5.94. The van der Waals surface area contributed by atoms with Gasteiger partial charge in [-0.2, -0.15) is 0 Å². The number of rotatable bonds is 33. The Balaban J connectivity index is 1.05. The second kappa shape index (κ2) is 32.8. The van der Waals surface area contributed by atoms with Crippen LogP contribution in [-0.2, 0) is 38.2 Å². The third-order valence-electron chi connectivity index (χ3n) is 14.6. The first-order chi connectivity index (χ1) is 33.9. The van der Waals surface area contributed by atoms with E-state index in [1.165, 1.54) is 32.1 Å². The van der Waals surface area contributed by atoms with Crippen LogP contribution in [0.15, 0.2) is 30.3 Å². The molecule has 3 saturated heterocycles. The third kappa shape index (κ3) is 19.5. The summed E-state index contributed by atoms with van der Waals surface area (Å²) in [5.41, 5.74) is 0.966. The highest BCUT2D eigenvalue weighted by atomic mass is 16.5. The highest BCUT2D eigenvalue weighted by Gasteiger charge is 2.45. The molecule has 1 aromatic carbocycles. The second-order valence-electron chi connectivity index (χ2n) is 20.2. The molecule has 16 nitrogen and oxygen atoms in total. The molecule has 9 atom stereocenters. The Morgan fingerprint density at radius 2 is 1.24 bits per heavy atom. The number of fused-ring (bicyclic) bond motifs is 1. The lowest BCUT2D eigenvalue weighted by Crippen LogP contribution is -2.58. The molecule has 0 spiro atoms. The van der Waals surface area contributed by atoms with Crippen LogP contribution in [0.2, 0.25) is 0 Å². The van der Waals surface area contributed by atoms with E-state index < -0.39 is 30.2 Å². The zero-order valence-corrected chi connectivity index (χ0v) is 43.8. The third-order valence-corrected chi connectivity index (χ3v) is 14.6. The number of benzene rings is 1. The molecule has 3 heterocycles. The molecule has 3 aliphatic rings. The van der Waals surface area contributed by atoms with Crippen molar-refractivity contribution >= 4 is 35.4 Å². The first-order valence-corrected chi connectivity index (χ1v) is 27.3. The summed E-state index contributed by atoms with van der Waals surface area (Å²) in [6, 6.07) is 6.79. The highest BCUT2D eigenvalue weighted by Crippen LogP contribution is 2.32. The zero-order valence-electron chi connectivity index (χ0n) is 43.8. The van der Waals surface area contributed by atoms with E-state index in [-0.39, 0.29) is 66.2 Å². The lowest BCUT2D eigenvalue weighted by molar-refractivity contribution is -0.144. The predicted molar refractivity (Wildman–Crippen MR) is 275 cm³/mol. The van der Waals surface area contributed by atoms with Crippen LogP contribution in [0.25, 0.3) is 0 Å². The molecule has 70 heavy (non-hydrogen) atoms. The van der Waals surface area contributed by atoms with E-state index >= 15 is 0 Å². The summed E-state index contributed by atoms with van der Waals surface area (Å²) in [6.45, 7) is 9.53. The topological polar surface area (TPSA) is 200 Å². The van der Waals surface area contributed by atoms with Gasteiger partial charge in [-0.3, -0.25) is 28.8 Å². The molecule has 6 N–H and O–H groups in total. The van der Waals surface area contributed by atoms with E-state index in [2.05, 4.69) is 38.8 Å². The Kier molecular flexibility index (Phi) is 27.4. The van der Waals surface area contributed by atoms with Gasteiger partial charge in [-0.15, -0.1) is 0 Å². The van der Waals surface area contributed by atoms with Crippen molar-refractivity contribution in [2.45, 2.75) is 223 Å². The van der Waals surface area contributed by atoms with E-state index in [4.69, 9.17) is 9.47 Å². The van der Waals surface area contributed by atoms with E-state index in [1.54, 1.807) is 37.7 Å². The van der Waals surface area contributed by atoms with Crippen molar-refractivity contribution in [2.75, 3.05) is 47.1 Å². The van der Waals surface area contributed by atoms with Crippen molar-refractivity contribution in [1.29, 1.82) is 0 Å². The minimum atomic E-state index is -0.636. The molecular formula is C54H92N8O8. The van der Waals surface area contributed by atoms with Crippen LogP contribution in [0.4, 0.5) is 0 Å². The number of likely N-dealkylation sites (N-methyl/N-ethyl adjacent to an activating group) is 2. The van der Waals surface area contributed by atoms with Crippen LogP contribution in [0.1, 0.15) is 181 Å². The molecule has 4 rings (SSSR count). The lowest BCUT2D eigenvalue weighted by atomic mass is 9.98. The summed E-state index contributed by atoms with van der Waals surface area (Å²) in [6.07, 6.45) is 21.4. The van der Waals surface area contributed by atoms with Gasteiger partial charge < -0.3 is 51.2 Å². The molecule has 3 fully saturated rings. The molecule has 396 valence electrons. The Morgan fingerprint density at radius 1 is 0.657 bits per heavy atom. The van der Waals surface area contributed by atoms with Crippen molar-refractivity contribution in [3.8, 4) is 0 Å². The van der Waals surface area contributed by atoms with Gasteiger partial charge in [0.05, 0.1) is 37.9 Å². The summed E-state index contributed by atoms with van der Waals surface area (Å²) < 4.78 is 12.1. The summed E-state index contributed by atoms with van der Waals surface area (Å²) in [7, 11) is 3.42. The molecule has 0 bridgehead atoms. The first-order valence-electron chi connectivity index (χ1n) is 27.3. The maximum atomic E-state index is 14.0. The standard InChI is InChI=1S/C54H92N8O8/c1-7-8-18-27-43-30-32-47(61(43)49(63)36-57-50(64)40(3)55-5)52(66)58-39(2)37-69-34-23-15-13-11-9-10-12-14-16-24-35-70-38-46(42-25-19-17-20-26-42)60-53(67)48-33-31-44-28-21-22-29-45(54(68)62(44)48)59-51(65)41(4)56-6/h17,19-20,25-26,39-41,43-48,55-56H,7-16,18,21-24,27-38H2,1-6H3,(H,57,64)(H,58,66)(H,59,65)(H,60,67)/t39-,40-,41-,43-,44-,45-,46+,47-,48-/m0/s1. The number of likely N-dealkylation sites (tertiary alicyclic amines) is 1. The van der Waals surface area contributed by atoms with E-state index in [0.717, 1.165) is 95.5 Å². The largest absolute Gasteiger partial charge is 0.379 e. The van der Waals surface area contributed by atoms with Crippen LogP contribution in [0, 0.1) is 0 Å². The van der Waals surface area contributed by atoms with Gasteiger partial charge in [0, 0.05) is 31.3 Å². The fourth-order valence-corrected chi connectivity index (χ4v) is 10.2. The minimum absolute atomic E-state index is 0.000924. The number of unbranched alkanes of at least 4 members (excludes halogenated alkanes) is 11. The fraction of sp³-hybridized carbons (Fsp3) is 0.778. The van der Waals surface area contributed by atoms with E-state index in [9.17, 15) is 28.8 Å². The van der Waals surface area contributed by atoms with Gasteiger partial charge in [0.25, 0.3) is 0 Å². The van der Waals surface area contributed by atoms with Crippen LogP contribution in [0.3, 0.4) is 0 Å². The number of carbonyl (C=O) groups excluding carboxylic acids is 6. The number of hydrogen-bond donors (Lipinski definition) is 6. The Bertz CT molecular complexity index is 1720. The molecule has 0 aromatic heterocycles. The number of hydrogen-bond acceptors (Lipinski definition) is 10. The average molecular weight is 981 g/mol. The van der Waals surface area contributed by atoms with Crippen molar-refractivity contribution in [2.24, 2.45) is 0 Å². The number of nitrogens with one attached hydrogen (secondary N) is 6. The van der Waals surface area contributed by atoms with Crippen LogP contribution < -0.4 is 31.9 Å². The lowest BCUT2D eigenvalue weighted by Gasteiger charge is -2.36. The van der Waals surface area contributed by atoms with Crippen LogP contribution >= 0.6 is 0 Å². The molecule has 1 aromatic rings. The zero-order chi connectivity index (χ0) is 50.7. The maximum Gasteiger partial charge on any atom is 0.246 e. The predicted octanol–water partition coefficient (Wildman–Crippen LogP) is 5.97. The van der Waals surface area contributed by atoms with Crippen molar-refractivity contribution in [3.05, 3.63) is 35.9 Å². The van der Waals surface area contributed by atoms with Gasteiger partial charge in [-0.1, -0.05) is 121 Å². The molecule has 0 aliphatic carbocycles. The Hall–Kier alpha value is -4.12. The average Bonchev–Trinajstić information content (AvgIpc) is 3.99. The monoisotopic (exact) mass is 981 g/mol. The SMILES string of the molecule is CCCCC[C@H]1CC[C@@H](C(=O)N[C@@H](C)COCCCCCCCCCCCCOC[C@@H](NC(=O)[C@@H]2CC[C@@H]3CCCC[C@H](NC(=O)[C@H](C)NC)C(=O)N32)c2ccccc2)N1C(=O)CNC(=O)[C@H](C)NC. The van der Waals surface area contributed by atoms with Crippen molar-refractivity contribution in [3.63, 3.8) is 0 Å². The van der Waals surface area contributed by atoms with Gasteiger partial charge in [0.15, 0.2) is 0 Å². The van der Waals surface area contributed by atoms with Gasteiger partial charge >= 0.3 is 0 Å². The van der Waals surface area contributed by atoms with Gasteiger partial charge in [0.1, 0.15) is 18.1 Å². The summed E-state index contributed by atoms with van der Waals surface area (Å²) in [5.74, 6) is -1.14. The summed E-state index contributed by atoms with van der Waals surface area (Å²) in [5, 5.41) is 17.8. The molecule has 0 saturated carbocycles. The number of nitrogens with zero attached hydrogens (tertiary/aromatic N) is 2. The number of carbonyl (C=O) groups is 6. The smallest absolute Gasteiger partial charge is 0.246 e. The molecular weight excluding hydrogens is 889 g/mol. The number of ether oxygens (including phenoxy) is 2. The van der Waals surface area contributed by atoms with Gasteiger partial charge in [-0.25, -0.2) is 0 Å². The Morgan fingerprint density at radius 3 is 1.89 bits per heavy atom.